The van der Waals surface area contributed by atoms with Crippen LogP contribution in [0, 0.1) is 0 Å². The van der Waals surface area contributed by atoms with E-state index in [4.69, 9.17) is 9.47 Å². The van der Waals surface area contributed by atoms with Crippen LogP contribution in [-0.2, 0) is 19.2 Å². The summed E-state index contributed by atoms with van der Waals surface area (Å²) in [7, 11) is 4.08. The van der Waals surface area contributed by atoms with Crippen molar-refractivity contribution < 1.29 is 22.6 Å². The quantitative estimate of drug-likeness (QED) is 0.598. The first kappa shape index (κ1) is 21.1. The average Bonchev–Trinajstić information content (AvgIpc) is 2.60. The van der Waals surface area contributed by atoms with Gasteiger partial charge in [-0.3, -0.25) is 0 Å². The maximum Gasteiger partial charge on any atom is 0.416 e. The summed E-state index contributed by atoms with van der Waals surface area (Å²) < 4.78 is 49.9. The number of rotatable bonds is 9. The van der Waals surface area contributed by atoms with Crippen LogP contribution in [0.1, 0.15) is 30.0 Å². The Morgan fingerprint density at radius 2 is 1.70 bits per heavy atom. The van der Waals surface area contributed by atoms with Gasteiger partial charge in [-0.2, -0.15) is 13.2 Å². The highest BCUT2D eigenvalue weighted by molar-refractivity contribution is 5.43. The number of hydrogen-bond acceptors (Lipinski definition) is 3. The predicted octanol–water partition coefficient (Wildman–Crippen LogP) is 5.18. The lowest BCUT2D eigenvalue weighted by Gasteiger charge is -2.15. The lowest BCUT2D eigenvalue weighted by Crippen LogP contribution is -2.13. The van der Waals surface area contributed by atoms with Crippen LogP contribution < -0.4 is 9.47 Å². The molecular weight excluding hydrogens is 355 g/mol. The molecule has 0 aromatic heterocycles. The van der Waals surface area contributed by atoms with Crippen molar-refractivity contribution in [3.8, 4) is 11.5 Å². The molecular formula is C21H26F3NO2. The SMILES string of the molecule is CCOc1cc(CCCN(C)C)ccc1OCc1cccc(C(F)(F)F)c1. The van der Waals surface area contributed by atoms with Gasteiger partial charge in [-0.25, -0.2) is 0 Å². The summed E-state index contributed by atoms with van der Waals surface area (Å²) in [5.41, 5.74) is 0.930. The number of nitrogens with zero attached hydrogens (tertiary/aromatic N) is 1. The maximum atomic E-state index is 12.8. The van der Waals surface area contributed by atoms with Gasteiger partial charge in [0.05, 0.1) is 12.2 Å². The van der Waals surface area contributed by atoms with E-state index < -0.39 is 11.7 Å². The van der Waals surface area contributed by atoms with Gasteiger partial charge in [0, 0.05) is 0 Å². The molecule has 0 N–H and O–H groups in total. The highest BCUT2D eigenvalue weighted by Gasteiger charge is 2.30. The Bertz CT molecular complexity index is 730. The Balaban J connectivity index is 2.07. The van der Waals surface area contributed by atoms with Crippen molar-refractivity contribution in [1.29, 1.82) is 0 Å². The molecule has 0 aliphatic heterocycles. The van der Waals surface area contributed by atoms with Crippen LogP contribution in [0.25, 0.3) is 0 Å². The van der Waals surface area contributed by atoms with Crippen LogP contribution in [0.3, 0.4) is 0 Å². The largest absolute Gasteiger partial charge is 0.490 e. The second-order valence-corrected chi connectivity index (χ2v) is 6.61. The van der Waals surface area contributed by atoms with Crippen LogP contribution in [0.15, 0.2) is 42.5 Å². The van der Waals surface area contributed by atoms with E-state index in [0.29, 0.717) is 23.7 Å². The van der Waals surface area contributed by atoms with E-state index >= 15 is 0 Å². The van der Waals surface area contributed by atoms with E-state index in [9.17, 15) is 13.2 Å². The van der Waals surface area contributed by atoms with Gasteiger partial charge in [0.1, 0.15) is 6.61 Å². The first-order valence-electron chi connectivity index (χ1n) is 8.99. The molecule has 0 aliphatic rings. The zero-order valence-electron chi connectivity index (χ0n) is 16.0. The highest BCUT2D eigenvalue weighted by Crippen LogP contribution is 2.32. The van der Waals surface area contributed by atoms with Gasteiger partial charge in [0.25, 0.3) is 0 Å². The molecule has 0 amide bonds. The van der Waals surface area contributed by atoms with Crippen LogP contribution in [0.5, 0.6) is 11.5 Å². The number of alkyl halides is 3. The van der Waals surface area contributed by atoms with Gasteiger partial charge in [0.15, 0.2) is 11.5 Å². The van der Waals surface area contributed by atoms with Gasteiger partial charge < -0.3 is 14.4 Å². The smallest absolute Gasteiger partial charge is 0.416 e. The molecule has 0 heterocycles. The molecule has 6 heteroatoms. The Labute approximate surface area is 158 Å². The van der Waals surface area contributed by atoms with Gasteiger partial charge >= 0.3 is 6.18 Å². The lowest BCUT2D eigenvalue weighted by molar-refractivity contribution is -0.137. The molecule has 0 spiro atoms. The Morgan fingerprint density at radius 3 is 2.37 bits per heavy atom. The summed E-state index contributed by atoms with van der Waals surface area (Å²) in [6.07, 6.45) is -2.41. The molecule has 0 aliphatic carbocycles. The van der Waals surface area contributed by atoms with E-state index in [1.165, 1.54) is 6.07 Å². The standard InChI is InChI=1S/C21H26F3NO2/c1-4-26-20-14-16(8-6-12-25(2)3)10-11-19(20)27-15-17-7-5-9-18(13-17)21(22,23)24/h5,7,9-11,13-14H,4,6,8,12,15H2,1-3H3. The molecule has 0 fully saturated rings. The van der Waals surface area contributed by atoms with Crippen LogP contribution >= 0.6 is 0 Å². The van der Waals surface area contributed by atoms with E-state index in [0.717, 1.165) is 37.1 Å². The lowest BCUT2D eigenvalue weighted by atomic mass is 10.1. The van der Waals surface area contributed by atoms with Gasteiger partial charge in [-0.05, 0) is 75.8 Å². The minimum Gasteiger partial charge on any atom is -0.490 e. The predicted molar refractivity (Wildman–Crippen MR) is 100 cm³/mol. The summed E-state index contributed by atoms with van der Waals surface area (Å²) in [5, 5.41) is 0. The average molecular weight is 381 g/mol. The van der Waals surface area contributed by atoms with Crippen molar-refractivity contribution in [2.75, 3.05) is 27.2 Å². The van der Waals surface area contributed by atoms with Crippen molar-refractivity contribution in [2.45, 2.75) is 32.5 Å². The molecule has 2 rings (SSSR count). The third kappa shape index (κ3) is 6.79. The van der Waals surface area contributed by atoms with E-state index in [1.807, 2.05) is 39.2 Å². The summed E-state index contributed by atoms with van der Waals surface area (Å²) in [4.78, 5) is 2.13. The topological polar surface area (TPSA) is 21.7 Å². The van der Waals surface area contributed by atoms with Crippen molar-refractivity contribution in [1.82, 2.24) is 4.90 Å². The third-order valence-corrected chi connectivity index (χ3v) is 4.03. The Kier molecular flexibility index (Phi) is 7.54. The minimum atomic E-state index is -4.36. The number of hydrogen-bond donors (Lipinski definition) is 0. The Morgan fingerprint density at radius 1 is 0.926 bits per heavy atom. The van der Waals surface area contributed by atoms with Crippen molar-refractivity contribution in [3.63, 3.8) is 0 Å². The molecule has 0 unspecified atom stereocenters. The number of ether oxygens (including phenoxy) is 2. The molecule has 148 valence electrons. The van der Waals surface area contributed by atoms with E-state index in [2.05, 4.69) is 4.90 Å². The molecule has 27 heavy (non-hydrogen) atoms. The van der Waals surface area contributed by atoms with Crippen LogP contribution in [0.4, 0.5) is 13.2 Å². The van der Waals surface area contributed by atoms with Crippen LogP contribution in [0.2, 0.25) is 0 Å². The first-order chi connectivity index (χ1) is 12.8. The van der Waals surface area contributed by atoms with Crippen LogP contribution in [-0.4, -0.2) is 32.1 Å². The summed E-state index contributed by atoms with van der Waals surface area (Å²) in [6.45, 7) is 3.41. The van der Waals surface area contributed by atoms with Gasteiger partial charge in [-0.15, -0.1) is 0 Å². The van der Waals surface area contributed by atoms with Gasteiger partial charge in [-0.1, -0.05) is 18.2 Å². The highest BCUT2D eigenvalue weighted by atomic mass is 19.4. The fourth-order valence-electron chi connectivity index (χ4n) is 2.69. The number of halogens is 3. The second kappa shape index (κ2) is 9.65. The van der Waals surface area contributed by atoms with Gasteiger partial charge in [0.2, 0.25) is 0 Å². The van der Waals surface area contributed by atoms with Crippen molar-refractivity contribution >= 4 is 0 Å². The zero-order valence-corrected chi connectivity index (χ0v) is 16.0. The molecule has 2 aromatic rings. The fraction of sp³-hybridized carbons (Fsp3) is 0.429. The van der Waals surface area contributed by atoms with E-state index in [1.54, 1.807) is 6.07 Å². The summed E-state index contributed by atoms with van der Waals surface area (Å²) in [5.74, 6) is 1.15. The molecule has 0 radical (unpaired) electrons. The molecule has 0 saturated heterocycles. The first-order valence-corrected chi connectivity index (χ1v) is 8.99. The molecule has 0 bridgehead atoms. The normalized spacial score (nSPS) is 11.7. The summed E-state index contributed by atoms with van der Waals surface area (Å²) >= 11 is 0. The molecule has 3 nitrogen and oxygen atoms in total. The van der Waals surface area contributed by atoms with Crippen molar-refractivity contribution in [3.05, 3.63) is 59.2 Å². The fourth-order valence-corrected chi connectivity index (χ4v) is 2.69. The third-order valence-electron chi connectivity index (χ3n) is 4.03. The Hall–Kier alpha value is -2.21. The number of aryl methyl sites for hydroxylation is 1. The summed E-state index contributed by atoms with van der Waals surface area (Å²) in [6, 6.07) is 10.9. The minimum absolute atomic E-state index is 0.0456. The molecule has 2 aromatic carbocycles. The number of benzene rings is 2. The molecule has 0 saturated carbocycles. The van der Waals surface area contributed by atoms with E-state index in [-0.39, 0.29) is 6.61 Å². The monoisotopic (exact) mass is 381 g/mol. The second-order valence-electron chi connectivity index (χ2n) is 6.61. The zero-order chi connectivity index (χ0) is 19.9. The molecule has 0 atom stereocenters. The van der Waals surface area contributed by atoms with Crippen molar-refractivity contribution in [2.24, 2.45) is 0 Å². The maximum absolute atomic E-state index is 12.8.